The number of allylic oxidation sites excluding steroid dienone is 7. The van der Waals surface area contributed by atoms with Crippen LogP contribution in [0.1, 0.15) is 31.7 Å². The lowest BCUT2D eigenvalue weighted by Crippen LogP contribution is -2.34. The summed E-state index contributed by atoms with van der Waals surface area (Å²) in [5.41, 5.74) is 5.54. The second-order valence-corrected chi connectivity index (χ2v) is 14.7. The first-order valence-corrected chi connectivity index (χ1v) is 17.6. The van der Waals surface area contributed by atoms with E-state index in [0.717, 1.165) is 25.9 Å². The van der Waals surface area contributed by atoms with Gasteiger partial charge in [-0.2, -0.15) is 4.57 Å². The van der Waals surface area contributed by atoms with Gasteiger partial charge in [-0.3, -0.25) is 0 Å². The van der Waals surface area contributed by atoms with Crippen molar-refractivity contribution in [1.82, 2.24) is 0 Å². The molecule has 0 atom stereocenters. The van der Waals surface area contributed by atoms with Gasteiger partial charge in [0.05, 0.1) is 10.7 Å². The van der Waals surface area contributed by atoms with Crippen molar-refractivity contribution in [1.29, 1.82) is 0 Å². The second kappa shape index (κ2) is 12.6. The first-order valence-electron chi connectivity index (χ1n) is 13.5. The van der Waals surface area contributed by atoms with Crippen molar-refractivity contribution in [2.24, 2.45) is 5.41 Å². The van der Waals surface area contributed by atoms with E-state index in [-0.39, 0.29) is 5.41 Å². The van der Waals surface area contributed by atoms with Crippen molar-refractivity contribution >= 4 is 68.6 Å². The van der Waals surface area contributed by atoms with Crippen LogP contribution >= 0.6 is 46.6 Å². The van der Waals surface area contributed by atoms with Crippen LogP contribution in [-0.4, -0.2) is 19.1 Å². The molecule has 40 heavy (non-hydrogen) atoms. The highest BCUT2D eigenvalue weighted by Crippen LogP contribution is 2.47. The highest BCUT2D eigenvalue weighted by Gasteiger charge is 2.27. The van der Waals surface area contributed by atoms with Crippen LogP contribution in [0.25, 0.3) is 16.3 Å². The molecule has 1 aliphatic carbocycles. The van der Waals surface area contributed by atoms with Crippen LogP contribution in [0.4, 0.5) is 5.69 Å². The summed E-state index contributed by atoms with van der Waals surface area (Å²) in [7, 11) is 0. The number of fused-ring (bicyclic) bond motifs is 2. The largest absolute Gasteiger partial charge is 0.331 e. The van der Waals surface area contributed by atoms with Crippen LogP contribution in [0.15, 0.2) is 117 Å². The predicted molar refractivity (Wildman–Crippen MR) is 182 cm³/mol. The third-order valence-corrected chi connectivity index (χ3v) is 10.8. The average Bonchev–Trinajstić information content (AvgIpc) is 3.44. The molecule has 1 aromatic heterocycles. The normalized spacial score (nSPS) is 18.6. The highest BCUT2D eigenvalue weighted by atomic mass is 32.2. The molecule has 0 saturated heterocycles. The number of anilines is 1. The van der Waals surface area contributed by atoms with E-state index in [0.29, 0.717) is 0 Å². The van der Waals surface area contributed by atoms with Crippen molar-refractivity contribution in [2.45, 2.75) is 47.9 Å². The van der Waals surface area contributed by atoms with E-state index in [1.54, 1.807) is 23.5 Å². The molecule has 0 spiro atoms. The molecule has 0 amide bonds. The monoisotopic (exact) mass is 601 g/mol. The van der Waals surface area contributed by atoms with Gasteiger partial charge in [-0.05, 0) is 84.4 Å². The Morgan fingerprint density at radius 1 is 1.02 bits per heavy atom. The SMILES string of the molecule is C=CCN1/C(=C/C=C/C2=CC(=C/c3sc4ccc(SC)cc4[n+]3CC=C)/CC(C)(C)C2)Sc2ccc(SC)cc21. The number of thioether (sulfide) groups is 3. The molecule has 0 radical (unpaired) electrons. The summed E-state index contributed by atoms with van der Waals surface area (Å²) in [5.74, 6) is 0. The van der Waals surface area contributed by atoms with Gasteiger partial charge < -0.3 is 4.90 Å². The lowest BCUT2D eigenvalue weighted by atomic mass is 9.75. The molecule has 0 fully saturated rings. The van der Waals surface area contributed by atoms with Crippen molar-refractivity contribution in [3.63, 3.8) is 0 Å². The Balaban J connectivity index is 1.45. The molecule has 3 aromatic rings. The van der Waals surface area contributed by atoms with E-state index < -0.39 is 0 Å². The van der Waals surface area contributed by atoms with Crippen molar-refractivity contribution in [3.05, 3.63) is 107 Å². The van der Waals surface area contributed by atoms with Gasteiger partial charge >= 0.3 is 0 Å². The average molecular weight is 602 g/mol. The zero-order valence-electron chi connectivity index (χ0n) is 23.8. The van der Waals surface area contributed by atoms with Crippen molar-refractivity contribution in [3.8, 4) is 0 Å². The Kier molecular flexibility index (Phi) is 9.21. The summed E-state index contributed by atoms with van der Waals surface area (Å²) in [4.78, 5) is 6.26. The Labute approximate surface area is 256 Å². The van der Waals surface area contributed by atoms with Crippen molar-refractivity contribution in [2.75, 3.05) is 24.0 Å². The van der Waals surface area contributed by atoms with Gasteiger partial charge in [0.15, 0.2) is 6.54 Å². The van der Waals surface area contributed by atoms with E-state index in [1.165, 1.54) is 51.8 Å². The fourth-order valence-corrected chi connectivity index (χ4v) is 8.46. The molecule has 2 nitrogen and oxygen atoms in total. The van der Waals surface area contributed by atoms with Crippen molar-refractivity contribution < 1.29 is 4.57 Å². The van der Waals surface area contributed by atoms with Crippen LogP contribution in [0.5, 0.6) is 0 Å². The first-order chi connectivity index (χ1) is 19.3. The topological polar surface area (TPSA) is 7.12 Å². The molecule has 2 aliphatic rings. The highest BCUT2D eigenvalue weighted by molar-refractivity contribution is 8.03. The van der Waals surface area contributed by atoms with Gasteiger partial charge in [0.25, 0.3) is 5.01 Å². The van der Waals surface area contributed by atoms with Crippen LogP contribution < -0.4 is 9.47 Å². The Morgan fingerprint density at radius 2 is 1.80 bits per heavy atom. The molecular formula is C34H37N2S4+. The molecule has 1 aliphatic heterocycles. The molecule has 6 heteroatoms. The molecule has 0 bridgehead atoms. The minimum absolute atomic E-state index is 0.209. The molecular weight excluding hydrogens is 565 g/mol. The lowest BCUT2D eigenvalue weighted by molar-refractivity contribution is -0.658. The maximum absolute atomic E-state index is 4.03. The Hall–Kier alpha value is -2.38. The Morgan fingerprint density at radius 3 is 2.55 bits per heavy atom. The summed E-state index contributed by atoms with van der Waals surface area (Å²) in [6, 6.07) is 13.5. The smallest absolute Gasteiger partial charge is 0.263 e. The van der Waals surface area contributed by atoms with Gasteiger partial charge in [0.2, 0.25) is 5.52 Å². The third kappa shape index (κ3) is 6.41. The minimum Gasteiger partial charge on any atom is -0.331 e. The van der Waals surface area contributed by atoms with Gasteiger partial charge in [-0.25, -0.2) is 0 Å². The fourth-order valence-electron chi connectivity index (χ4n) is 5.40. The zero-order chi connectivity index (χ0) is 28.3. The molecule has 0 unspecified atom stereocenters. The van der Waals surface area contributed by atoms with Gasteiger partial charge in [-0.1, -0.05) is 67.8 Å². The molecule has 2 heterocycles. The molecule has 0 saturated carbocycles. The van der Waals surface area contributed by atoms with E-state index in [2.05, 4.69) is 116 Å². The van der Waals surface area contributed by atoms with Gasteiger partial charge in [0.1, 0.15) is 4.70 Å². The van der Waals surface area contributed by atoms with Crippen LogP contribution in [0.3, 0.4) is 0 Å². The molecule has 5 rings (SSSR count). The number of rotatable bonds is 9. The summed E-state index contributed by atoms with van der Waals surface area (Å²) in [6.45, 7) is 14.4. The zero-order valence-corrected chi connectivity index (χ0v) is 27.0. The second-order valence-electron chi connectivity index (χ2n) is 10.8. The first kappa shape index (κ1) is 29.1. The van der Waals surface area contributed by atoms with E-state index >= 15 is 0 Å². The summed E-state index contributed by atoms with van der Waals surface area (Å²) < 4.78 is 3.72. The van der Waals surface area contributed by atoms with Gasteiger partial charge in [-0.15, -0.1) is 30.1 Å². The standard InChI is InChI=1S/C34H37N2S4/c1-7-16-35-28-20-26(37-5)12-14-30(28)39-32(35)11-9-10-24-18-25(23-34(3,4)22-24)19-33-36(17-8-2)29-21-27(38-6)13-15-31(29)40-33/h7-15,18-21H,1-2,16-17,22-23H2,3-6H3/q+1. The number of hydrogen-bond donors (Lipinski definition) is 0. The molecule has 206 valence electrons. The lowest BCUT2D eigenvalue weighted by Gasteiger charge is -2.30. The Bertz CT molecular complexity index is 1570. The van der Waals surface area contributed by atoms with E-state index in [1.807, 2.05) is 35.3 Å². The quantitative estimate of drug-likeness (QED) is 0.137. The van der Waals surface area contributed by atoms with E-state index in [9.17, 15) is 0 Å². The number of benzene rings is 2. The molecule has 2 aromatic carbocycles. The summed E-state index contributed by atoms with van der Waals surface area (Å²) in [5, 5.41) is 2.53. The van der Waals surface area contributed by atoms with Crippen LogP contribution in [0, 0.1) is 5.41 Å². The number of hydrogen-bond acceptors (Lipinski definition) is 5. The fraction of sp³-hybridized carbons (Fsp3) is 0.265. The van der Waals surface area contributed by atoms with Crippen LogP contribution in [0.2, 0.25) is 0 Å². The van der Waals surface area contributed by atoms with Crippen LogP contribution in [-0.2, 0) is 6.54 Å². The molecule has 0 N–H and O–H groups in total. The predicted octanol–water partition coefficient (Wildman–Crippen LogP) is 10.1. The van der Waals surface area contributed by atoms with E-state index in [4.69, 9.17) is 0 Å². The summed E-state index contributed by atoms with van der Waals surface area (Å²) >= 11 is 7.28. The van der Waals surface area contributed by atoms with Gasteiger partial charge in [0, 0.05) is 33.4 Å². The maximum atomic E-state index is 4.03. The summed E-state index contributed by atoms with van der Waals surface area (Å²) in [6.07, 6.45) is 22.0. The number of nitrogens with zero attached hydrogens (tertiary/aromatic N) is 2. The number of aromatic nitrogens is 1. The number of thiazole rings is 1. The minimum atomic E-state index is 0.209. The third-order valence-electron chi connectivity index (χ3n) is 7.09. The maximum Gasteiger partial charge on any atom is 0.263 e.